The molecule has 130 valence electrons. The number of carbonyl (C=O) groups is 1. The van der Waals surface area contributed by atoms with E-state index < -0.39 is 0 Å². The highest BCUT2D eigenvalue weighted by molar-refractivity contribution is 6.33. The van der Waals surface area contributed by atoms with Gasteiger partial charge in [-0.2, -0.15) is 0 Å². The molecule has 1 unspecified atom stereocenters. The zero-order chi connectivity index (χ0) is 17.3. The second-order valence-electron chi connectivity index (χ2n) is 7.76. The van der Waals surface area contributed by atoms with Crippen molar-refractivity contribution in [1.82, 2.24) is 0 Å². The van der Waals surface area contributed by atoms with Crippen LogP contribution in [0.25, 0.3) is 0 Å². The van der Waals surface area contributed by atoms with Crippen LogP contribution in [0, 0.1) is 18.3 Å². The van der Waals surface area contributed by atoms with Crippen molar-refractivity contribution < 1.29 is 4.79 Å². The number of ketones is 1. The summed E-state index contributed by atoms with van der Waals surface area (Å²) in [5.41, 5.74) is 4.24. The maximum atomic E-state index is 11.6. The molecule has 0 saturated carbocycles. The van der Waals surface area contributed by atoms with Gasteiger partial charge in [0.2, 0.25) is 0 Å². The lowest BCUT2D eigenvalue weighted by atomic mass is 9.67. The van der Waals surface area contributed by atoms with Crippen molar-refractivity contribution in [2.75, 3.05) is 18.0 Å². The van der Waals surface area contributed by atoms with Crippen molar-refractivity contribution in [3.05, 3.63) is 40.4 Å². The molecule has 0 radical (unpaired) electrons. The first-order valence-corrected chi connectivity index (χ1v) is 9.48. The molecule has 3 heteroatoms. The molecule has 1 aliphatic heterocycles. The fourth-order valence-corrected chi connectivity index (χ4v) is 4.39. The van der Waals surface area contributed by atoms with E-state index in [1.165, 1.54) is 36.1 Å². The summed E-state index contributed by atoms with van der Waals surface area (Å²) >= 11 is 6.41. The summed E-state index contributed by atoms with van der Waals surface area (Å²) in [7, 11) is 0. The quantitative estimate of drug-likeness (QED) is 0.667. The van der Waals surface area contributed by atoms with Gasteiger partial charge in [0.15, 0.2) is 0 Å². The number of hydrogen-bond donors (Lipinski definition) is 0. The largest absolute Gasteiger partial charge is 0.370 e. The minimum absolute atomic E-state index is 0.105. The van der Waals surface area contributed by atoms with Crippen LogP contribution >= 0.6 is 11.6 Å². The van der Waals surface area contributed by atoms with Crippen molar-refractivity contribution in [1.29, 1.82) is 0 Å². The number of benzene rings is 1. The highest BCUT2D eigenvalue weighted by Crippen LogP contribution is 2.46. The minimum Gasteiger partial charge on any atom is -0.370 e. The molecule has 1 saturated heterocycles. The number of Topliss-reactive ketones (excluding diaryl/α,β-unsaturated/α-hetero) is 1. The van der Waals surface area contributed by atoms with E-state index in [0.29, 0.717) is 11.2 Å². The Kier molecular flexibility index (Phi) is 5.05. The first-order chi connectivity index (χ1) is 11.4. The second kappa shape index (κ2) is 6.92. The number of hydrogen-bond acceptors (Lipinski definition) is 2. The van der Waals surface area contributed by atoms with Gasteiger partial charge in [0.05, 0.1) is 10.7 Å². The van der Waals surface area contributed by atoms with E-state index in [1.807, 2.05) is 6.07 Å². The summed E-state index contributed by atoms with van der Waals surface area (Å²) < 4.78 is 0. The highest BCUT2D eigenvalue weighted by atomic mass is 35.5. The molecule has 3 rings (SSSR count). The number of rotatable bonds is 3. The first kappa shape index (κ1) is 17.5. The Morgan fingerprint density at radius 2 is 1.96 bits per heavy atom. The number of nitrogens with zero attached hydrogens (tertiary/aromatic N) is 1. The summed E-state index contributed by atoms with van der Waals surface area (Å²) in [5, 5.41) is 0.859. The van der Waals surface area contributed by atoms with Crippen LogP contribution in [-0.4, -0.2) is 18.9 Å². The van der Waals surface area contributed by atoms with Gasteiger partial charge in [-0.3, -0.25) is 4.79 Å². The molecular formula is C21H28ClNO. The molecule has 2 aliphatic rings. The molecule has 2 nitrogen and oxygen atoms in total. The second-order valence-corrected chi connectivity index (χ2v) is 8.16. The smallest absolute Gasteiger partial charge is 0.136 e. The summed E-state index contributed by atoms with van der Waals surface area (Å²) in [6.45, 7) is 8.03. The van der Waals surface area contributed by atoms with Gasteiger partial charge < -0.3 is 4.90 Å². The molecular weight excluding hydrogens is 318 g/mol. The Hall–Kier alpha value is -1.28. The van der Waals surface area contributed by atoms with Crippen LogP contribution in [0.3, 0.4) is 0 Å². The van der Waals surface area contributed by atoms with Crippen molar-refractivity contribution in [2.24, 2.45) is 11.3 Å². The Balaban J connectivity index is 1.65. The van der Waals surface area contributed by atoms with Gasteiger partial charge >= 0.3 is 0 Å². The number of anilines is 1. The first-order valence-electron chi connectivity index (χ1n) is 9.11. The van der Waals surface area contributed by atoms with Crippen LogP contribution in [0.5, 0.6) is 0 Å². The minimum atomic E-state index is 0.105. The number of aryl methyl sites for hydroxylation is 1. The fraction of sp³-hybridized carbons (Fsp3) is 0.571. The monoisotopic (exact) mass is 345 g/mol. The number of allylic oxidation sites excluding steroid dienone is 2. The van der Waals surface area contributed by atoms with Crippen molar-refractivity contribution >= 4 is 23.1 Å². The summed E-state index contributed by atoms with van der Waals surface area (Å²) in [5.74, 6) is 0.398. The lowest BCUT2D eigenvalue weighted by Gasteiger charge is -2.45. The number of carbonyl (C=O) groups excluding carboxylic acids is 1. The summed E-state index contributed by atoms with van der Waals surface area (Å²) in [4.78, 5) is 14.1. The maximum Gasteiger partial charge on any atom is 0.136 e. The molecule has 1 heterocycles. The van der Waals surface area contributed by atoms with Crippen LogP contribution in [0.2, 0.25) is 5.02 Å². The fourth-order valence-electron chi connectivity index (χ4n) is 4.16. The van der Waals surface area contributed by atoms with Gasteiger partial charge in [-0.05, 0) is 69.1 Å². The van der Waals surface area contributed by atoms with Gasteiger partial charge in [-0.25, -0.2) is 0 Å². The molecule has 0 amide bonds. The van der Waals surface area contributed by atoms with Crippen molar-refractivity contribution in [3.63, 3.8) is 0 Å². The summed E-state index contributed by atoms with van der Waals surface area (Å²) in [6, 6.07) is 6.28. The van der Waals surface area contributed by atoms with E-state index in [9.17, 15) is 4.79 Å². The van der Waals surface area contributed by atoms with E-state index in [4.69, 9.17) is 11.6 Å². The Morgan fingerprint density at radius 3 is 2.54 bits per heavy atom. The molecule has 0 bridgehead atoms. The third-order valence-corrected chi connectivity index (χ3v) is 6.49. The van der Waals surface area contributed by atoms with Crippen molar-refractivity contribution in [3.8, 4) is 0 Å². The van der Waals surface area contributed by atoms with Gasteiger partial charge in [-0.15, -0.1) is 0 Å². The molecule has 1 atom stereocenters. The van der Waals surface area contributed by atoms with Crippen LogP contribution < -0.4 is 4.90 Å². The average Bonchev–Trinajstić information content (AvgIpc) is 2.58. The molecule has 1 aliphatic carbocycles. The molecule has 1 fully saturated rings. The number of halogens is 1. The average molecular weight is 346 g/mol. The topological polar surface area (TPSA) is 20.3 Å². The lowest BCUT2D eigenvalue weighted by Crippen LogP contribution is -2.41. The van der Waals surface area contributed by atoms with E-state index in [1.54, 1.807) is 6.92 Å². The van der Waals surface area contributed by atoms with E-state index in [0.717, 1.165) is 31.0 Å². The zero-order valence-corrected chi connectivity index (χ0v) is 15.8. The van der Waals surface area contributed by atoms with Gasteiger partial charge in [-0.1, -0.05) is 36.2 Å². The predicted molar refractivity (Wildman–Crippen MR) is 102 cm³/mol. The third kappa shape index (κ3) is 3.54. The normalized spacial score (nSPS) is 21.5. The highest BCUT2D eigenvalue weighted by Gasteiger charge is 2.36. The van der Waals surface area contributed by atoms with Crippen molar-refractivity contribution in [2.45, 2.75) is 52.9 Å². The van der Waals surface area contributed by atoms with Crippen LogP contribution in [0.4, 0.5) is 5.69 Å². The molecule has 0 aromatic heterocycles. The van der Waals surface area contributed by atoms with Gasteiger partial charge in [0.1, 0.15) is 5.78 Å². The summed E-state index contributed by atoms with van der Waals surface area (Å²) in [6.07, 6.45) is 8.25. The Morgan fingerprint density at radius 1 is 1.25 bits per heavy atom. The molecule has 0 N–H and O–H groups in total. The third-order valence-electron chi connectivity index (χ3n) is 6.17. The molecule has 1 aromatic rings. The Labute approximate surface area is 150 Å². The van der Waals surface area contributed by atoms with Crippen LogP contribution in [0.15, 0.2) is 29.8 Å². The van der Waals surface area contributed by atoms with Crippen LogP contribution in [0.1, 0.15) is 51.5 Å². The predicted octanol–water partition coefficient (Wildman–Crippen LogP) is 5.57. The van der Waals surface area contributed by atoms with E-state index in [2.05, 4.69) is 37.0 Å². The molecule has 24 heavy (non-hydrogen) atoms. The SMILES string of the molecule is CC(=O)C(C)C1=CCC2(CC1)CCN(c1cc(C)ccc1Cl)CC2. The standard InChI is InChI=1S/C21H28ClNO/c1-15-4-5-19(22)20(14-15)23-12-10-21(11-13-23)8-6-18(7-9-21)16(2)17(3)24/h4-6,14,16H,7-13H2,1-3H3. The Bertz CT molecular complexity index is 656. The van der Waals surface area contributed by atoms with E-state index >= 15 is 0 Å². The van der Waals surface area contributed by atoms with E-state index in [-0.39, 0.29) is 5.92 Å². The lowest BCUT2D eigenvalue weighted by molar-refractivity contribution is -0.119. The zero-order valence-electron chi connectivity index (χ0n) is 15.1. The number of piperidine rings is 1. The molecule has 1 spiro atoms. The molecule has 1 aromatic carbocycles. The van der Waals surface area contributed by atoms with Gasteiger partial charge in [0.25, 0.3) is 0 Å². The van der Waals surface area contributed by atoms with Crippen LogP contribution in [-0.2, 0) is 4.79 Å². The maximum absolute atomic E-state index is 11.6. The van der Waals surface area contributed by atoms with Gasteiger partial charge in [0, 0.05) is 19.0 Å².